The van der Waals surface area contributed by atoms with Crippen molar-refractivity contribution in [1.29, 1.82) is 0 Å². The number of hydrogen-bond acceptors (Lipinski definition) is 1. The normalized spacial score (nSPS) is 10.8. The maximum Gasteiger partial charge on any atom is 0.0595 e. The Labute approximate surface area is 124 Å². The van der Waals surface area contributed by atoms with Gasteiger partial charge in [0.05, 0.1) is 10.0 Å². The zero-order chi connectivity index (χ0) is 13.8. The molecule has 0 aromatic heterocycles. The minimum atomic E-state index is 0.498. The van der Waals surface area contributed by atoms with Crippen LogP contribution in [0.3, 0.4) is 0 Å². The van der Waals surface area contributed by atoms with Crippen molar-refractivity contribution in [3.8, 4) is 0 Å². The van der Waals surface area contributed by atoms with Crippen molar-refractivity contribution in [3.05, 3.63) is 63.6 Å². The third kappa shape index (κ3) is 3.65. The lowest BCUT2D eigenvalue weighted by molar-refractivity contribution is 0.865. The minimum Gasteiger partial charge on any atom is -0.381 e. The van der Waals surface area contributed by atoms with Crippen LogP contribution in [-0.4, -0.2) is 0 Å². The van der Waals surface area contributed by atoms with E-state index in [-0.39, 0.29) is 0 Å². The van der Waals surface area contributed by atoms with Crippen LogP contribution in [0, 0.1) is 0 Å². The summed E-state index contributed by atoms with van der Waals surface area (Å²) in [6.07, 6.45) is 0. The third-order valence-electron chi connectivity index (χ3n) is 3.05. The number of hydrogen-bond donors (Lipinski definition) is 1. The molecule has 0 aliphatic heterocycles. The monoisotopic (exact) mass is 293 g/mol. The molecule has 0 radical (unpaired) electrons. The molecule has 2 rings (SSSR count). The SMILES string of the molecule is CC(C)c1ccccc1NCc1ccc(Cl)c(Cl)c1. The molecular weight excluding hydrogens is 277 g/mol. The average Bonchev–Trinajstić information content (AvgIpc) is 2.40. The van der Waals surface area contributed by atoms with Crippen molar-refractivity contribution in [3.63, 3.8) is 0 Å². The first-order chi connectivity index (χ1) is 9.08. The van der Waals surface area contributed by atoms with E-state index in [1.807, 2.05) is 24.3 Å². The van der Waals surface area contributed by atoms with Crippen molar-refractivity contribution in [2.75, 3.05) is 5.32 Å². The summed E-state index contributed by atoms with van der Waals surface area (Å²) in [7, 11) is 0. The van der Waals surface area contributed by atoms with E-state index in [0.717, 1.165) is 12.1 Å². The highest BCUT2D eigenvalue weighted by molar-refractivity contribution is 6.42. The second-order valence-electron chi connectivity index (χ2n) is 4.84. The highest BCUT2D eigenvalue weighted by Gasteiger charge is 2.05. The van der Waals surface area contributed by atoms with E-state index in [9.17, 15) is 0 Å². The summed E-state index contributed by atoms with van der Waals surface area (Å²) in [6, 6.07) is 14.1. The molecule has 0 heterocycles. The van der Waals surface area contributed by atoms with Crippen LogP contribution < -0.4 is 5.32 Å². The summed E-state index contributed by atoms with van der Waals surface area (Å²) in [5.41, 5.74) is 3.61. The molecule has 100 valence electrons. The lowest BCUT2D eigenvalue weighted by Crippen LogP contribution is -2.03. The van der Waals surface area contributed by atoms with Gasteiger partial charge >= 0.3 is 0 Å². The Hall–Kier alpha value is -1.18. The van der Waals surface area contributed by atoms with Gasteiger partial charge in [-0.15, -0.1) is 0 Å². The van der Waals surface area contributed by atoms with E-state index in [4.69, 9.17) is 23.2 Å². The Morgan fingerprint density at radius 2 is 1.74 bits per heavy atom. The fraction of sp³-hybridized carbons (Fsp3) is 0.250. The quantitative estimate of drug-likeness (QED) is 0.759. The van der Waals surface area contributed by atoms with Gasteiger partial charge in [0.2, 0.25) is 0 Å². The molecule has 19 heavy (non-hydrogen) atoms. The van der Waals surface area contributed by atoms with Crippen LogP contribution in [0.1, 0.15) is 30.9 Å². The van der Waals surface area contributed by atoms with E-state index < -0.39 is 0 Å². The Kier molecular flexibility index (Phi) is 4.73. The van der Waals surface area contributed by atoms with Gasteiger partial charge in [0.15, 0.2) is 0 Å². The molecule has 0 atom stereocenters. The molecule has 1 N–H and O–H groups in total. The lowest BCUT2D eigenvalue weighted by Gasteiger charge is -2.14. The number of nitrogens with one attached hydrogen (secondary N) is 1. The second kappa shape index (κ2) is 6.31. The molecule has 0 spiro atoms. The zero-order valence-electron chi connectivity index (χ0n) is 11.1. The molecule has 0 saturated carbocycles. The topological polar surface area (TPSA) is 12.0 Å². The van der Waals surface area contributed by atoms with Crippen LogP contribution in [0.5, 0.6) is 0 Å². The van der Waals surface area contributed by atoms with Gasteiger partial charge in [-0.3, -0.25) is 0 Å². The van der Waals surface area contributed by atoms with Crippen molar-refractivity contribution in [2.24, 2.45) is 0 Å². The van der Waals surface area contributed by atoms with Crippen molar-refractivity contribution in [2.45, 2.75) is 26.3 Å². The van der Waals surface area contributed by atoms with E-state index in [2.05, 4.69) is 37.4 Å². The Bertz CT molecular complexity index is 564. The van der Waals surface area contributed by atoms with Crippen LogP contribution in [0.15, 0.2) is 42.5 Å². The Balaban J connectivity index is 2.12. The molecule has 0 amide bonds. The first-order valence-electron chi connectivity index (χ1n) is 6.34. The number of benzene rings is 2. The van der Waals surface area contributed by atoms with Gasteiger partial charge in [-0.25, -0.2) is 0 Å². The van der Waals surface area contributed by atoms with Gasteiger partial charge in [-0.05, 0) is 35.2 Å². The van der Waals surface area contributed by atoms with E-state index in [0.29, 0.717) is 16.0 Å². The summed E-state index contributed by atoms with van der Waals surface area (Å²) in [5.74, 6) is 0.498. The summed E-state index contributed by atoms with van der Waals surface area (Å²) in [6.45, 7) is 5.12. The number of halogens is 2. The average molecular weight is 294 g/mol. The summed E-state index contributed by atoms with van der Waals surface area (Å²) in [5, 5.41) is 4.64. The number of para-hydroxylation sites is 1. The first-order valence-corrected chi connectivity index (χ1v) is 7.10. The van der Waals surface area contributed by atoms with E-state index in [1.54, 1.807) is 0 Å². The highest BCUT2D eigenvalue weighted by atomic mass is 35.5. The fourth-order valence-corrected chi connectivity index (χ4v) is 2.33. The van der Waals surface area contributed by atoms with Gasteiger partial charge in [0.1, 0.15) is 0 Å². The van der Waals surface area contributed by atoms with Crippen molar-refractivity contribution in [1.82, 2.24) is 0 Å². The molecule has 0 unspecified atom stereocenters. The first kappa shape index (κ1) is 14.2. The highest BCUT2D eigenvalue weighted by Crippen LogP contribution is 2.26. The molecule has 0 aliphatic carbocycles. The molecule has 3 heteroatoms. The third-order valence-corrected chi connectivity index (χ3v) is 3.79. The van der Waals surface area contributed by atoms with Gasteiger partial charge in [-0.1, -0.05) is 61.3 Å². The predicted octanol–water partition coefficient (Wildman–Crippen LogP) is 5.73. The van der Waals surface area contributed by atoms with E-state index in [1.165, 1.54) is 11.3 Å². The summed E-state index contributed by atoms with van der Waals surface area (Å²) >= 11 is 11.9. The molecule has 2 aromatic rings. The standard InChI is InChI=1S/C16H17Cl2N/c1-11(2)13-5-3-4-6-16(13)19-10-12-7-8-14(17)15(18)9-12/h3-9,11,19H,10H2,1-2H3. The molecule has 0 bridgehead atoms. The summed E-state index contributed by atoms with van der Waals surface area (Å²) < 4.78 is 0. The molecule has 1 nitrogen and oxygen atoms in total. The second-order valence-corrected chi connectivity index (χ2v) is 5.66. The van der Waals surface area contributed by atoms with Crippen molar-refractivity contribution >= 4 is 28.9 Å². The zero-order valence-corrected chi connectivity index (χ0v) is 12.6. The molecule has 2 aromatic carbocycles. The van der Waals surface area contributed by atoms with Gasteiger partial charge in [0.25, 0.3) is 0 Å². The van der Waals surface area contributed by atoms with Crippen LogP contribution in [0.25, 0.3) is 0 Å². The van der Waals surface area contributed by atoms with Crippen molar-refractivity contribution < 1.29 is 0 Å². The predicted molar refractivity (Wildman–Crippen MR) is 84.3 cm³/mol. The molecule has 0 saturated heterocycles. The number of rotatable bonds is 4. The van der Waals surface area contributed by atoms with Gasteiger partial charge in [0, 0.05) is 12.2 Å². The smallest absolute Gasteiger partial charge is 0.0595 e. The largest absolute Gasteiger partial charge is 0.381 e. The van der Waals surface area contributed by atoms with Crippen LogP contribution >= 0.6 is 23.2 Å². The Morgan fingerprint density at radius 3 is 2.42 bits per heavy atom. The molecule has 0 fully saturated rings. The van der Waals surface area contributed by atoms with E-state index >= 15 is 0 Å². The Morgan fingerprint density at radius 1 is 1.00 bits per heavy atom. The fourth-order valence-electron chi connectivity index (χ4n) is 2.01. The lowest BCUT2D eigenvalue weighted by atomic mass is 10.0. The number of anilines is 1. The van der Waals surface area contributed by atoms with Crippen LogP contribution in [0.4, 0.5) is 5.69 Å². The summed E-state index contributed by atoms with van der Waals surface area (Å²) in [4.78, 5) is 0. The van der Waals surface area contributed by atoms with Gasteiger partial charge < -0.3 is 5.32 Å². The molecular formula is C16H17Cl2N. The van der Waals surface area contributed by atoms with Gasteiger partial charge in [-0.2, -0.15) is 0 Å². The molecule has 0 aliphatic rings. The van der Waals surface area contributed by atoms with Crippen LogP contribution in [0.2, 0.25) is 10.0 Å². The maximum absolute atomic E-state index is 6.02. The van der Waals surface area contributed by atoms with Crippen LogP contribution in [-0.2, 0) is 6.54 Å². The minimum absolute atomic E-state index is 0.498. The maximum atomic E-state index is 6.02.